The summed E-state index contributed by atoms with van der Waals surface area (Å²) in [6, 6.07) is 5.27. The van der Waals surface area contributed by atoms with Crippen LogP contribution in [0.15, 0.2) is 35.6 Å². The molecule has 0 bridgehead atoms. The monoisotopic (exact) mass is 433 g/mol. The molecule has 2 aliphatic heterocycles. The first kappa shape index (κ1) is 20.5. The van der Waals surface area contributed by atoms with Gasteiger partial charge in [-0.2, -0.15) is 0 Å². The predicted molar refractivity (Wildman–Crippen MR) is 118 cm³/mol. The van der Waals surface area contributed by atoms with Crippen LogP contribution >= 0.6 is 23.2 Å². The largest absolute Gasteiger partial charge is 0.374 e. The normalized spacial score (nSPS) is 21.0. The fourth-order valence-electron chi connectivity index (χ4n) is 4.48. The highest BCUT2D eigenvalue weighted by Crippen LogP contribution is 2.43. The fourth-order valence-corrected chi connectivity index (χ4v) is 4.86. The lowest BCUT2D eigenvalue weighted by Crippen LogP contribution is -2.42. The van der Waals surface area contributed by atoms with Crippen LogP contribution in [0, 0.1) is 19.3 Å². The molecule has 2 saturated heterocycles. The van der Waals surface area contributed by atoms with Crippen molar-refractivity contribution in [3.8, 4) is 5.69 Å². The van der Waals surface area contributed by atoms with Crippen molar-refractivity contribution in [1.82, 2.24) is 9.55 Å². The van der Waals surface area contributed by atoms with Gasteiger partial charge in [-0.05, 0) is 50.7 Å². The summed E-state index contributed by atoms with van der Waals surface area (Å²) in [6.07, 6.45) is 5.15. The molecule has 4 rings (SSSR count). The zero-order valence-electron chi connectivity index (χ0n) is 16.8. The molecule has 1 aromatic carbocycles. The van der Waals surface area contributed by atoms with Gasteiger partial charge in [0.25, 0.3) is 5.56 Å². The summed E-state index contributed by atoms with van der Waals surface area (Å²) < 4.78 is 7.39. The van der Waals surface area contributed by atoms with E-state index >= 15 is 0 Å². The van der Waals surface area contributed by atoms with E-state index < -0.39 is 0 Å². The Morgan fingerprint density at radius 3 is 2.66 bits per heavy atom. The van der Waals surface area contributed by atoms with Crippen LogP contribution in [0.5, 0.6) is 0 Å². The molecule has 0 N–H and O–H groups in total. The van der Waals surface area contributed by atoms with Gasteiger partial charge in [-0.25, -0.2) is 4.98 Å². The van der Waals surface area contributed by atoms with Crippen LogP contribution in [0.1, 0.15) is 30.7 Å². The van der Waals surface area contributed by atoms with Gasteiger partial charge in [-0.15, -0.1) is 6.58 Å². The number of nitrogens with zero attached hydrogens (tertiary/aromatic N) is 3. The van der Waals surface area contributed by atoms with Crippen LogP contribution in [-0.2, 0) is 4.74 Å². The van der Waals surface area contributed by atoms with E-state index in [0.29, 0.717) is 27.1 Å². The standard InChI is InChI=1S/C22H25Cl2N3O2/c1-4-16-12-22(13-29-16)8-10-26(11-9-22)20-14(2)21(28)27(15(3)25-20)18-7-5-6-17(23)19(18)24/h4-7,16H,1,8-13H2,2-3H3/t16-/m0/s1. The van der Waals surface area contributed by atoms with Crippen molar-refractivity contribution < 1.29 is 4.74 Å². The molecule has 1 atom stereocenters. The zero-order valence-corrected chi connectivity index (χ0v) is 18.3. The molecule has 0 amide bonds. The average molecular weight is 434 g/mol. The number of aromatic nitrogens is 2. The van der Waals surface area contributed by atoms with Gasteiger partial charge in [0.15, 0.2) is 0 Å². The number of piperidine rings is 1. The Labute approximate surface area is 180 Å². The molecule has 0 unspecified atom stereocenters. The van der Waals surface area contributed by atoms with E-state index in [9.17, 15) is 4.79 Å². The molecule has 0 aliphatic carbocycles. The van der Waals surface area contributed by atoms with Crippen molar-refractivity contribution >= 4 is 29.0 Å². The van der Waals surface area contributed by atoms with Crippen molar-refractivity contribution in [1.29, 1.82) is 0 Å². The summed E-state index contributed by atoms with van der Waals surface area (Å²) in [6.45, 7) is 10.0. The highest BCUT2D eigenvalue weighted by molar-refractivity contribution is 6.43. The maximum absolute atomic E-state index is 13.2. The summed E-state index contributed by atoms with van der Waals surface area (Å²) in [5, 5.41) is 0.765. The quantitative estimate of drug-likeness (QED) is 0.657. The van der Waals surface area contributed by atoms with Gasteiger partial charge in [0, 0.05) is 13.1 Å². The third kappa shape index (κ3) is 3.60. The van der Waals surface area contributed by atoms with E-state index in [0.717, 1.165) is 44.8 Å². The first-order chi connectivity index (χ1) is 13.8. The number of benzene rings is 1. The van der Waals surface area contributed by atoms with Crippen molar-refractivity contribution in [3.05, 3.63) is 62.6 Å². The summed E-state index contributed by atoms with van der Waals surface area (Å²) >= 11 is 12.5. The minimum atomic E-state index is -0.118. The third-order valence-electron chi connectivity index (χ3n) is 6.25. The molecule has 154 valence electrons. The van der Waals surface area contributed by atoms with Gasteiger partial charge in [-0.3, -0.25) is 9.36 Å². The van der Waals surface area contributed by atoms with E-state index in [2.05, 4.69) is 11.5 Å². The molecule has 0 saturated carbocycles. The van der Waals surface area contributed by atoms with Gasteiger partial charge >= 0.3 is 0 Å². The second-order valence-electron chi connectivity index (χ2n) is 8.10. The Bertz CT molecular complexity index is 1010. The topological polar surface area (TPSA) is 47.4 Å². The fraction of sp³-hybridized carbons (Fsp3) is 0.455. The van der Waals surface area contributed by atoms with E-state index in [1.54, 1.807) is 18.2 Å². The van der Waals surface area contributed by atoms with Crippen molar-refractivity contribution in [2.24, 2.45) is 5.41 Å². The maximum atomic E-state index is 13.2. The van der Waals surface area contributed by atoms with Crippen LogP contribution in [-0.4, -0.2) is 35.4 Å². The van der Waals surface area contributed by atoms with Gasteiger partial charge in [0.2, 0.25) is 0 Å². The van der Waals surface area contributed by atoms with Crippen LogP contribution in [0.25, 0.3) is 5.69 Å². The lowest BCUT2D eigenvalue weighted by atomic mass is 9.76. The molecular formula is C22H25Cl2N3O2. The smallest absolute Gasteiger partial charge is 0.263 e. The highest BCUT2D eigenvalue weighted by atomic mass is 35.5. The van der Waals surface area contributed by atoms with Gasteiger partial charge in [0.1, 0.15) is 11.6 Å². The third-order valence-corrected chi connectivity index (χ3v) is 7.06. The lowest BCUT2D eigenvalue weighted by molar-refractivity contribution is 0.109. The molecule has 29 heavy (non-hydrogen) atoms. The minimum absolute atomic E-state index is 0.118. The molecule has 2 aliphatic rings. The molecule has 5 nitrogen and oxygen atoms in total. The van der Waals surface area contributed by atoms with Crippen LogP contribution in [0.3, 0.4) is 0 Å². The number of halogens is 2. The van der Waals surface area contributed by atoms with Crippen molar-refractivity contribution in [2.45, 2.75) is 39.2 Å². The average Bonchev–Trinajstić information content (AvgIpc) is 3.11. The zero-order chi connectivity index (χ0) is 20.8. The minimum Gasteiger partial charge on any atom is -0.374 e. The number of hydrogen-bond acceptors (Lipinski definition) is 4. The highest BCUT2D eigenvalue weighted by Gasteiger charge is 2.42. The van der Waals surface area contributed by atoms with E-state index in [-0.39, 0.29) is 17.1 Å². The molecule has 2 fully saturated rings. The number of aryl methyl sites for hydroxylation is 1. The lowest BCUT2D eigenvalue weighted by Gasteiger charge is -2.39. The van der Waals surface area contributed by atoms with E-state index in [1.165, 1.54) is 4.57 Å². The van der Waals surface area contributed by atoms with Crippen LogP contribution in [0.2, 0.25) is 10.0 Å². The first-order valence-corrected chi connectivity index (χ1v) is 10.6. The molecule has 7 heteroatoms. The molecule has 1 spiro atoms. The second kappa shape index (κ2) is 7.78. The summed E-state index contributed by atoms with van der Waals surface area (Å²) in [7, 11) is 0. The SMILES string of the molecule is C=C[C@H]1CC2(CCN(c3nc(C)n(-c4cccc(Cl)c4Cl)c(=O)c3C)CC2)CO1. The number of anilines is 1. The van der Waals surface area contributed by atoms with Crippen LogP contribution in [0.4, 0.5) is 5.82 Å². The molecular weight excluding hydrogens is 409 g/mol. The van der Waals surface area contributed by atoms with Crippen molar-refractivity contribution in [2.75, 3.05) is 24.6 Å². The van der Waals surface area contributed by atoms with E-state index in [1.807, 2.05) is 19.9 Å². The van der Waals surface area contributed by atoms with Crippen LogP contribution < -0.4 is 10.5 Å². The van der Waals surface area contributed by atoms with Crippen molar-refractivity contribution in [3.63, 3.8) is 0 Å². The van der Waals surface area contributed by atoms with E-state index in [4.69, 9.17) is 32.9 Å². The summed E-state index contributed by atoms with van der Waals surface area (Å²) in [5.74, 6) is 1.35. The molecule has 1 aromatic heterocycles. The Hall–Kier alpha value is -1.82. The van der Waals surface area contributed by atoms with Gasteiger partial charge in [-0.1, -0.05) is 35.3 Å². The number of rotatable bonds is 3. The summed E-state index contributed by atoms with van der Waals surface area (Å²) in [4.78, 5) is 20.2. The first-order valence-electron chi connectivity index (χ1n) is 9.89. The Morgan fingerprint density at radius 1 is 1.28 bits per heavy atom. The number of hydrogen-bond donors (Lipinski definition) is 0. The Morgan fingerprint density at radius 2 is 2.00 bits per heavy atom. The molecule has 2 aromatic rings. The maximum Gasteiger partial charge on any atom is 0.263 e. The summed E-state index contributed by atoms with van der Waals surface area (Å²) in [5.41, 5.74) is 1.28. The Balaban J connectivity index is 1.63. The predicted octanol–water partition coefficient (Wildman–Crippen LogP) is 4.72. The molecule has 0 radical (unpaired) electrons. The Kier molecular flexibility index (Phi) is 5.49. The van der Waals surface area contributed by atoms with Gasteiger partial charge in [0.05, 0.1) is 34.0 Å². The number of ether oxygens (including phenoxy) is 1. The second-order valence-corrected chi connectivity index (χ2v) is 8.88. The molecule has 3 heterocycles. The van der Waals surface area contributed by atoms with Gasteiger partial charge < -0.3 is 9.64 Å².